The van der Waals surface area contributed by atoms with E-state index >= 15 is 0 Å². The van der Waals surface area contributed by atoms with Gasteiger partial charge in [0, 0.05) is 16.7 Å². The summed E-state index contributed by atoms with van der Waals surface area (Å²) < 4.78 is 11.1. The molecule has 3 aromatic heterocycles. The normalized spacial score (nSPS) is 11.1. The summed E-state index contributed by atoms with van der Waals surface area (Å²) in [6.07, 6.45) is 1.65. The lowest BCUT2D eigenvalue weighted by Crippen LogP contribution is -1.82. The van der Waals surface area contributed by atoms with E-state index in [1.54, 1.807) is 17.6 Å². The van der Waals surface area contributed by atoms with Gasteiger partial charge in [0.25, 0.3) is 5.22 Å². The molecular formula is C18H15N3O2S2. The van der Waals surface area contributed by atoms with E-state index in [1.165, 1.54) is 22.9 Å². The van der Waals surface area contributed by atoms with Gasteiger partial charge in [-0.05, 0) is 38.1 Å². The molecular weight excluding hydrogens is 354 g/mol. The average Bonchev–Trinajstić information content (AvgIpc) is 3.32. The molecule has 4 aromatic rings. The van der Waals surface area contributed by atoms with Gasteiger partial charge in [0.15, 0.2) is 10.8 Å². The van der Waals surface area contributed by atoms with Gasteiger partial charge in [-0.15, -0.1) is 21.5 Å². The van der Waals surface area contributed by atoms with Crippen LogP contribution >= 0.6 is 23.1 Å². The van der Waals surface area contributed by atoms with Gasteiger partial charge in [-0.3, -0.25) is 0 Å². The first-order valence-corrected chi connectivity index (χ1v) is 9.57. The van der Waals surface area contributed by atoms with Crippen molar-refractivity contribution < 1.29 is 8.83 Å². The molecule has 0 amide bonds. The molecule has 7 heteroatoms. The topological polar surface area (TPSA) is 65.0 Å². The van der Waals surface area contributed by atoms with Crippen molar-refractivity contribution in [3.63, 3.8) is 0 Å². The molecule has 0 unspecified atom stereocenters. The second kappa shape index (κ2) is 6.85. The maximum atomic E-state index is 5.78. The Morgan fingerprint density at radius 2 is 1.96 bits per heavy atom. The van der Waals surface area contributed by atoms with Gasteiger partial charge in [-0.1, -0.05) is 29.0 Å². The van der Waals surface area contributed by atoms with Gasteiger partial charge in [0.2, 0.25) is 5.89 Å². The van der Waals surface area contributed by atoms with Crippen LogP contribution in [0.5, 0.6) is 0 Å². The Kier molecular flexibility index (Phi) is 4.42. The van der Waals surface area contributed by atoms with Gasteiger partial charge >= 0.3 is 0 Å². The first kappa shape index (κ1) is 16.1. The Hall–Kier alpha value is -2.38. The van der Waals surface area contributed by atoms with Crippen LogP contribution in [0.25, 0.3) is 22.2 Å². The van der Waals surface area contributed by atoms with Crippen LogP contribution < -0.4 is 0 Å². The first-order valence-electron chi connectivity index (χ1n) is 7.70. The lowest BCUT2D eigenvalue weighted by atomic mass is 10.1. The summed E-state index contributed by atoms with van der Waals surface area (Å²) in [7, 11) is 0. The van der Waals surface area contributed by atoms with E-state index in [0.29, 0.717) is 16.9 Å². The van der Waals surface area contributed by atoms with E-state index < -0.39 is 0 Å². The van der Waals surface area contributed by atoms with Crippen LogP contribution in [0.3, 0.4) is 0 Å². The van der Waals surface area contributed by atoms with Crippen molar-refractivity contribution in [1.82, 2.24) is 15.2 Å². The van der Waals surface area contributed by atoms with Gasteiger partial charge < -0.3 is 8.83 Å². The molecule has 0 aliphatic carbocycles. The molecule has 0 spiro atoms. The Balaban J connectivity index is 1.45. The molecule has 0 atom stereocenters. The summed E-state index contributed by atoms with van der Waals surface area (Å²) in [5.74, 6) is 2.01. The van der Waals surface area contributed by atoms with Crippen molar-refractivity contribution in [3.8, 4) is 22.2 Å². The molecule has 0 aliphatic heterocycles. The smallest absolute Gasteiger partial charge is 0.277 e. The van der Waals surface area contributed by atoms with Crippen LogP contribution in [0.4, 0.5) is 0 Å². The van der Waals surface area contributed by atoms with E-state index in [4.69, 9.17) is 8.83 Å². The molecule has 5 nitrogen and oxygen atoms in total. The highest BCUT2D eigenvalue weighted by Gasteiger charge is 2.12. The first-order chi connectivity index (χ1) is 12.2. The molecule has 0 radical (unpaired) electrons. The van der Waals surface area contributed by atoms with Crippen molar-refractivity contribution in [1.29, 1.82) is 0 Å². The molecule has 0 bridgehead atoms. The molecule has 25 heavy (non-hydrogen) atoms. The summed E-state index contributed by atoms with van der Waals surface area (Å²) in [4.78, 5) is 4.57. The fourth-order valence-corrected chi connectivity index (χ4v) is 4.05. The molecule has 0 N–H and O–H groups in total. The Morgan fingerprint density at radius 1 is 1.12 bits per heavy atom. The summed E-state index contributed by atoms with van der Waals surface area (Å²) in [5, 5.41) is 11.7. The minimum absolute atomic E-state index is 0.543. The van der Waals surface area contributed by atoms with Crippen LogP contribution in [0.2, 0.25) is 0 Å². The van der Waals surface area contributed by atoms with Crippen molar-refractivity contribution >= 4 is 23.1 Å². The standard InChI is InChI=1S/C18H15N3O2S2/c1-11-6-12(2)8-13(7-11)16-20-21-18(23-16)25-10-14-9-24-17(19-14)15-4-3-5-22-15/h3-9H,10H2,1-2H3. The lowest BCUT2D eigenvalue weighted by molar-refractivity contribution is 0.465. The summed E-state index contributed by atoms with van der Waals surface area (Å²) in [6, 6.07) is 9.98. The van der Waals surface area contributed by atoms with Crippen LogP contribution in [-0.4, -0.2) is 15.2 Å². The zero-order valence-corrected chi connectivity index (χ0v) is 15.4. The zero-order chi connectivity index (χ0) is 17.2. The average molecular weight is 369 g/mol. The fraction of sp³-hybridized carbons (Fsp3) is 0.167. The Bertz CT molecular complexity index is 969. The number of hydrogen-bond donors (Lipinski definition) is 0. The SMILES string of the molecule is Cc1cc(C)cc(-c2nnc(SCc3csc(-c4ccco4)n3)o2)c1. The second-order valence-electron chi connectivity index (χ2n) is 5.66. The second-order valence-corrected chi connectivity index (χ2v) is 7.44. The number of thiazole rings is 1. The van der Waals surface area contributed by atoms with Crippen LogP contribution in [0.15, 0.2) is 56.0 Å². The predicted molar refractivity (Wildman–Crippen MR) is 98.6 cm³/mol. The van der Waals surface area contributed by atoms with E-state index in [2.05, 4.69) is 35.1 Å². The Labute approximate surface area is 153 Å². The largest absolute Gasteiger partial charge is 0.462 e. The van der Waals surface area contributed by atoms with Crippen molar-refractivity contribution in [2.75, 3.05) is 0 Å². The highest BCUT2D eigenvalue weighted by molar-refractivity contribution is 7.98. The van der Waals surface area contributed by atoms with Crippen LogP contribution in [0.1, 0.15) is 16.8 Å². The van der Waals surface area contributed by atoms with E-state index in [0.717, 1.165) is 22.0 Å². The zero-order valence-electron chi connectivity index (χ0n) is 13.7. The highest BCUT2D eigenvalue weighted by atomic mass is 32.2. The van der Waals surface area contributed by atoms with E-state index in [-0.39, 0.29) is 0 Å². The maximum Gasteiger partial charge on any atom is 0.277 e. The fourth-order valence-electron chi connectivity index (χ4n) is 2.51. The number of benzene rings is 1. The van der Waals surface area contributed by atoms with Crippen molar-refractivity contribution in [3.05, 3.63) is 58.8 Å². The third kappa shape index (κ3) is 3.67. The molecule has 126 valence electrons. The summed E-state index contributed by atoms with van der Waals surface area (Å²) in [5.41, 5.74) is 4.27. The van der Waals surface area contributed by atoms with Gasteiger partial charge in [-0.2, -0.15) is 0 Å². The number of furan rings is 1. The molecule has 0 aliphatic rings. The van der Waals surface area contributed by atoms with Crippen molar-refractivity contribution in [2.45, 2.75) is 24.8 Å². The van der Waals surface area contributed by atoms with E-state index in [9.17, 15) is 0 Å². The van der Waals surface area contributed by atoms with Gasteiger partial charge in [0.05, 0.1) is 12.0 Å². The molecule has 3 heterocycles. The monoisotopic (exact) mass is 369 g/mol. The third-order valence-electron chi connectivity index (χ3n) is 3.50. The molecule has 4 rings (SSSR count). The van der Waals surface area contributed by atoms with E-state index in [1.807, 2.05) is 29.6 Å². The molecule has 1 aromatic carbocycles. The molecule has 0 saturated heterocycles. The number of rotatable bonds is 5. The number of aromatic nitrogens is 3. The highest BCUT2D eigenvalue weighted by Crippen LogP contribution is 2.29. The third-order valence-corrected chi connectivity index (χ3v) is 5.26. The summed E-state index contributed by atoms with van der Waals surface area (Å²) >= 11 is 3.04. The lowest BCUT2D eigenvalue weighted by Gasteiger charge is -2.00. The van der Waals surface area contributed by atoms with Crippen molar-refractivity contribution in [2.24, 2.45) is 0 Å². The van der Waals surface area contributed by atoms with Crippen LogP contribution in [0, 0.1) is 13.8 Å². The predicted octanol–water partition coefficient (Wildman–Crippen LogP) is 5.36. The molecule has 0 saturated carbocycles. The minimum Gasteiger partial charge on any atom is -0.462 e. The van der Waals surface area contributed by atoms with Gasteiger partial charge in [0.1, 0.15) is 0 Å². The Morgan fingerprint density at radius 3 is 2.72 bits per heavy atom. The number of hydrogen-bond acceptors (Lipinski definition) is 7. The number of nitrogens with zero attached hydrogens (tertiary/aromatic N) is 3. The number of thioether (sulfide) groups is 1. The van der Waals surface area contributed by atoms with Crippen LogP contribution in [-0.2, 0) is 5.75 Å². The quantitative estimate of drug-likeness (QED) is 0.441. The maximum absolute atomic E-state index is 5.78. The number of aryl methyl sites for hydroxylation is 2. The molecule has 0 fully saturated rings. The summed E-state index contributed by atoms with van der Waals surface area (Å²) in [6.45, 7) is 4.11. The van der Waals surface area contributed by atoms with Gasteiger partial charge in [-0.25, -0.2) is 4.98 Å². The minimum atomic E-state index is 0.543.